The Bertz CT molecular complexity index is 1160. The SMILES string of the molecule is COc1ccc(-c2csc(-n3nc(C)cc3NC(=O)c3ccccc3C)n2)cc1. The van der Waals surface area contributed by atoms with Crippen LogP contribution in [-0.4, -0.2) is 27.8 Å². The van der Waals surface area contributed by atoms with Crippen LogP contribution in [0.15, 0.2) is 60.0 Å². The van der Waals surface area contributed by atoms with Gasteiger partial charge in [-0.25, -0.2) is 4.98 Å². The Labute approximate surface area is 172 Å². The van der Waals surface area contributed by atoms with E-state index in [1.54, 1.807) is 11.8 Å². The first-order chi connectivity index (χ1) is 14.0. The molecule has 0 saturated carbocycles. The molecule has 1 N–H and O–H groups in total. The van der Waals surface area contributed by atoms with Crippen LogP contribution < -0.4 is 10.1 Å². The van der Waals surface area contributed by atoms with Gasteiger partial charge in [-0.2, -0.15) is 9.78 Å². The molecule has 7 heteroatoms. The zero-order valence-electron chi connectivity index (χ0n) is 16.3. The summed E-state index contributed by atoms with van der Waals surface area (Å²) in [7, 11) is 1.64. The Balaban J connectivity index is 1.62. The van der Waals surface area contributed by atoms with Crippen molar-refractivity contribution >= 4 is 23.1 Å². The van der Waals surface area contributed by atoms with E-state index >= 15 is 0 Å². The summed E-state index contributed by atoms with van der Waals surface area (Å²) in [6, 6.07) is 17.1. The number of anilines is 1. The lowest BCUT2D eigenvalue weighted by Gasteiger charge is -2.08. The van der Waals surface area contributed by atoms with Gasteiger partial charge in [0, 0.05) is 22.6 Å². The van der Waals surface area contributed by atoms with Gasteiger partial charge in [0.2, 0.25) is 5.13 Å². The number of hydrogen-bond acceptors (Lipinski definition) is 5. The van der Waals surface area contributed by atoms with Gasteiger partial charge in [-0.05, 0) is 49.7 Å². The van der Waals surface area contributed by atoms with E-state index < -0.39 is 0 Å². The molecule has 0 aliphatic carbocycles. The minimum Gasteiger partial charge on any atom is -0.497 e. The molecule has 0 unspecified atom stereocenters. The third-order valence-corrected chi connectivity index (χ3v) is 5.34. The van der Waals surface area contributed by atoms with Crippen LogP contribution in [0.5, 0.6) is 5.75 Å². The van der Waals surface area contributed by atoms with E-state index in [1.807, 2.05) is 73.8 Å². The molecule has 0 saturated heterocycles. The summed E-state index contributed by atoms with van der Waals surface area (Å²) in [4.78, 5) is 17.4. The Morgan fingerprint density at radius 1 is 1.10 bits per heavy atom. The zero-order valence-corrected chi connectivity index (χ0v) is 17.2. The minimum atomic E-state index is -0.170. The number of carbonyl (C=O) groups is 1. The molecule has 2 aromatic carbocycles. The van der Waals surface area contributed by atoms with E-state index in [-0.39, 0.29) is 5.91 Å². The van der Waals surface area contributed by atoms with Crippen molar-refractivity contribution in [2.75, 3.05) is 12.4 Å². The van der Waals surface area contributed by atoms with Gasteiger partial charge in [0.25, 0.3) is 5.91 Å². The summed E-state index contributed by atoms with van der Waals surface area (Å²) in [5.74, 6) is 1.22. The smallest absolute Gasteiger partial charge is 0.257 e. The van der Waals surface area contributed by atoms with Crippen molar-refractivity contribution in [1.82, 2.24) is 14.8 Å². The number of thiazole rings is 1. The van der Waals surface area contributed by atoms with Crippen LogP contribution in [0.2, 0.25) is 0 Å². The van der Waals surface area contributed by atoms with Gasteiger partial charge in [-0.1, -0.05) is 18.2 Å². The van der Waals surface area contributed by atoms with Crippen molar-refractivity contribution in [3.05, 3.63) is 76.8 Å². The van der Waals surface area contributed by atoms with Crippen LogP contribution in [0.4, 0.5) is 5.82 Å². The Morgan fingerprint density at radius 2 is 1.86 bits per heavy atom. The molecule has 2 aromatic heterocycles. The van der Waals surface area contributed by atoms with E-state index in [4.69, 9.17) is 9.72 Å². The van der Waals surface area contributed by atoms with E-state index in [9.17, 15) is 4.79 Å². The number of nitrogens with one attached hydrogen (secondary N) is 1. The first-order valence-corrected chi connectivity index (χ1v) is 9.97. The predicted octanol–water partition coefficient (Wildman–Crippen LogP) is 4.87. The fraction of sp³-hybridized carbons (Fsp3) is 0.136. The molecule has 29 heavy (non-hydrogen) atoms. The fourth-order valence-electron chi connectivity index (χ4n) is 3.00. The molecule has 4 rings (SSSR count). The van der Waals surface area contributed by atoms with Gasteiger partial charge in [-0.3, -0.25) is 4.79 Å². The van der Waals surface area contributed by atoms with Gasteiger partial charge in [0.15, 0.2) is 0 Å². The van der Waals surface area contributed by atoms with Crippen molar-refractivity contribution in [2.24, 2.45) is 0 Å². The number of ether oxygens (including phenoxy) is 1. The molecular weight excluding hydrogens is 384 g/mol. The first kappa shape index (κ1) is 18.9. The summed E-state index contributed by atoms with van der Waals surface area (Å²) >= 11 is 1.47. The summed E-state index contributed by atoms with van der Waals surface area (Å²) < 4.78 is 6.88. The van der Waals surface area contributed by atoms with Crippen LogP contribution >= 0.6 is 11.3 Å². The number of amides is 1. The number of aromatic nitrogens is 3. The average Bonchev–Trinajstić information content (AvgIpc) is 3.35. The van der Waals surface area contributed by atoms with Gasteiger partial charge >= 0.3 is 0 Å². The topological polar surface area (TPSA) is 69.0 Å². The molecule has 0 aliphatic heterocycles. The van der Waals surface area contributed by atoms with Crippen LogP contribution in [-0.2, 0) is 0 Å². The van der Waals surface area contributed by atoms with E-state index in [0.717, 1.165) is 28.3 Å². The van der Waals surface area contributed by atoms with E-state index in [2.05, 4.69) is 10.4 Å². The summed E-state index contributed by atoms with van der Waals surface area (Å²) in [6.07, 6.45) is 0. The summed E-state index contributed by atoms with van der Waals surface area (Å²) in [6.45, 7) is 3.80. The maximum absolute atomic E-state index is 12.7. The van der Waals surface area contributed by atoms with Gasteiger partial charge in [-0.15, -0.1) is 11.3 Å². The average molecular weight is 404 g/mol. The molecule has 0 spiro atoms. The van der Waals surface area contributed by atoms with Crippen LogP contribution in [0, 0.1) is 13.8 Å². The molecule has 0 radical (unpaired) electrons. The Morgan fingerprint density at radius 3 is 2.59 bits per heavy atom. The largest absolute Gasteiger partial charge is 0.497 e. The predicted molar refractivity (Wildman–Crippen MR) is 115 cm³/mol. The maximum Gasteiger partial charge on any atom is 0.257 e. The van der Waals surface area contributed by atoms with Crippen molar-refractivity contribution in [3.8, 4) is 22.1 Å². The monoisotopic (exact) mass is 404 g/mol. The first-order valence-electron chi connectivity index (χ1n) is 9.09. The highest BCUT2D eigenvalue weighted by molar-refractivity contribution is 7.12. The number of nitrogens with zero attached hydrogens (tertiary/aromatic N) is 3. The highest BCUT2D eigenvalue weighted by atomic mass is 32.1. The second kappa shape index (κ2) is 7.89. The number of benzene rings is 2. The standard InChI is InChI=1S/C22H20N4O2S/c1-14-6-4-5-7-18(14)21(27)24-20-12-15(2)25-26(20)22-23-19(13-29-22)16-8-10-17(28-3)11-9-16/h4-13H,1-3H3,(H,24,27). The Kier molecular flexibility index (Phi) is 5.14. The number of hydrogen-bond donors (Lipinski definition) is 1. The molecule has 0 fully saturated rings. The molecule has 4 aromatic rings. The number of carbonyl (C=O) groups excluding carboxylic acids is 1. The summed E-state index contributed by atoms with van der Waals surface area (Å²) in [5.41, 5.74) is 4.19. The molecule has 6 nitrogen and oxygen atoms in total. The highest BCUT2D eigenvalue weighted by Crippen LogP contribution is 2.28. The van der Waals surface area contributed by atoms with E-state index in [1.165, 1.54) is 11.3 Å². The fourth-order valence-corrected chi connectivity index (χ4v) is 3.80. The minimum absolute atomic E-state index is 0.170. The third-order valence-electron chi connectivity index (χ3n) is 4.52. The quantitative estimate of drug-likeness (QED) is 0.515. The molecule has 0 bridgehead atoms. The zero-order chi connectivity index (χ0) is 20.4. The lowest BCUT2D eigenvalue weighted by molar-refractivity contribution is 0.102. The highest BCUT2D eigenvalue weighted by Gasteiger charge is 2.16. The van der Waals surface area contributed by atoms with Crippen molar-refractivity contribution < 1.29 is 9.53 Å². The number of aryl methyl sites for hydroxylation is 2. The molecule has 0 atom stereocenters. The normalized spacial score (nSPS) is 10.7. The summed E-state index contributed by atoms with van der Waals surface area (Å²) in [5, 5.41) is 10.1. The number of rotatable bonds is 5. The Hall–Kier alpha value is -3.45. The third kappa shape index (κ3) is 3.90. The molecule has 146 valence electrons. The van der Waals surface area contributed by atoms with Gasteiger partial charge in [0.05, 0.1) is 18.5 Å². The second-order valence-electron chi connectivity index (χ2n) is 6.60. The van der Waals surface area contributed by atoms with Crippen LogP contribution in [0.1, 0.15) is 21.6 Å². The number of methoxy groups -OCH3 is 1. The second-order valence-corrected chi connectivity index (χ2v) is 7.43. The van der Waals surface area contributed by atoms with E-state index in [0.29, 0.717) is 16.5 Å². The molecular formula is C22H20N4O2S. The van der Waals surface area contributed by atoms with Crippen molar-refractivity contribution in [2.45, 2.75) is 13.8 Å². The van der Waals surface area contributed by atoms with Crippen molar-refractivity contribution in [3.63, 3.8) is 0 Å². The maximum atomic E-state index is 12.7. The van der Waals surface area contributed by atoms with Crippen LogP contribution in [0.25, 0.3) is 16.4 Å². The molecule has 1 amide bonds. The molecule has 2 heterocycles. The van der Waals surface area contributed by atoms with Gasteiger partial charge < -0.3 is 10.1 Å². The van der Waals surface area contributed by atoms with Gasteiger partial charge in [0.1, 0.15) is 11.6 Å². The lowest BCUT2D eigenvalue weighted by Crippen LogP contribution is -2.16. The molecule has 0 aliphatic rings. The van der Waals surface area contributed by atoms with Crippen LogP contribution in [0.3, 0.4) is 0 Å². The van der Waals surface area contributed by atoms with Crippen molar-refractivity contribution in [1.29, 1.82) is 0 Å². The lowest BCUT2D eigenvalue weighted by atomic mass is 10.1.